The normalized spacial score (nSPS) is 22.5. The van der Waals surface area contributed by atoms with Crippen molar-refractivity contribution in [2.75, 3.05) is 0 Å². The zero-order chi connectivity index (χ0) is 20.5. The Balaban J connectivity index is 1.49. The highest BCUT2D eigenvalue weighted by atomic mass is 32.2. The third kappa shape index (κ3) is 3.85. The first kappa shape index (κ1) is 19.6. The maximum atomic E-state index is 12.2. The summed E-state index contributed by atoms with van der Waals surface area (Å²) in [5.41, 5.74) is 1.27. The largest absolute Gasteiger partial charge is 0.462 e. The molecule has 0 spiro atoms. The maximum absolute atomic E-state index is 12.2. The summed E-state index contributed by atoms with van der Waals surface area (Å²) < 4.78 is 7.70. The molecule has 3 aromatic rings. The van der Waals surface area contributed by atoms with E-state index in [-0.39, 0.29) is 17.3 Å². The minimum atomic E-state index is -0.183. The third-order valence-electron chi connectivity index (χ3n) is 6.28. The topological polar surface area (TPSA) is 57.0 Å². The van der Waals surface area contributed by atoms with Crippen LogP contribution in [0.4, 0.5) is 0 Å². The van der Waals surface area contributed by atoms with Crippen LogP contribution in [0, 0.1) is 0 Å². The van der Waals surface area contributed by atoms with E-state index in [1.807, 2.05) is 6.92 Å². The van der Waals surface area contributed by atoms with Gasteiger partial charge in [0.25, 0.3) is 0 Å². The molecular weight excluding hydrogens is 394 g/mol. The number of carbonyl (C=O) groups is 1. The number of hydrogen-bond acceptors (Lipinski definition) is 5. The van der Waals surface area contributed by atoms with Crippen LogP contribution in [0.3, 0.4) is 0 Å². The van der Waals surface area contributed by atoms with Gasteiger partial charge in [0.15, 0.2) is 5.16 Å². The number of ether oxygens (including phenoxy) is 1. The Bertz CT molecular complexity index is 1050. The number of nitrogens with zero attached hydrogens (tertiary/aromatic N) is 3. The highest BCUT2D eigenvalue weighted by Gasteiger charge is 2.35. The molecular formula is C24H27N3O2S. The van der Waals surface area contributed by atoms with E-state index < -0.39 is 0 Å². The molecule has 1 aliphatic heterocycles. The number of benzene rings is 2. The van der Waals surface area contributed by atoms with E-state index in [2.05, 4.69) is 57.2 Å². The second kappa shape index (κ2) is 8.42. The number of cyclic esters (lactones) is 1. The summed E-state index contributed by atoms with van der Waals surface area (Å²) in [7, 11) is 0. The molecule has 0 unspecified atom stereocenters. The van der Waals surface area contributed by atoms with Gasteiger partial charge in [-0.05, 0) is 36.1 Å². The molecule has 30 heavy (non-hydrogen) atoms. The fourth-order valence-electron chi connectivity index (χ4n) is 4.77. The molecule has 2 heterocycles. The van der Waals surface area contributed by atoms with Crippen LogP contribution in [0.2, 0.25) is 0 Å². The van der Waals surface area contributed by atoms with Crippen molar-refractivity contribution in [3.63, 3.8) is 0 Å². The van der Waals surface area contributed by atoms with Gasteiger partial charge in [0.2, 0.25) is 0 Å². The van der Waals surface area contributed by atoms with Crippen LogP contribution < -0.4 is 0 Å². The summed E-state index contributed by atoms with van der Waals surface area (Å²) in [4.78, 5) is 12.2. The summed E-state index contributed by atoms with van der Waals surface area (Å²) in [6.07, 6.45) is 7.55. The second-order valence-corrected chi connectivity index (χ2v) is 9.64. The van der Waals surface area contributed by atoms with E-state index in [0.29, 0.717) is 6.04 Å². The molecule has 5 nitrogen and oxygen atoms in total. The number of fused-ring (bicyclic) bond motifs is 1. The second-order valence-electron chi connectivity index (χ2n) is 8.47. The molecule has 1 aromatic heterocycles. The predicted octanol–water partition coefficient (Wildman–Crippen LogP) is 5.32. The molecule has 2 aromatic carbocycles. The van der Waals surface area contributed by atoms with E-state index in [1.165, 1.54) is 47.4 Å². The Morgan fingerprint density at radius 2 is 1.87 bits per heavy atom. The van der Waals surface area contributed by atoms with Gasteiger partial charge in [0.1, 0.15) is 17.2 Å². The third-order valence-corrected chi connectivity index (χ3v) is 7.44. The lowest BCUT2D eigenvalue weighted by atomic mass is 9.95. The van der Waals surface area contributed by atoms with Gasteiger partial charge in [-0.25, -0.2) is 0 Å². The van der Waals surface area contributed by atoms with Gasteiger partial charge < -0.3 is 9.30 Å². The molecule has 1 aliphatic carbocycles. The van der Waals surface area contributed by atoms with E-state index in [0.717, 1.165) is 36.7 Å². The molecule has 6 heteroatoms. The van der Waals surface area contributed by atoms with Crippen LogP contribution >= 0.6 is 11.8 Å². The van der Waals surface area contributed by atoms with Gasteiger partial charge >= 0.3 is 5.97 Å². The van der Waals surface area contributed by atoms with Crippen molar-refractivity contribution in [2.24, 2.45) is 0 Å². The summed E-state index contributed by atoms with van der Waals surface area (Å²) in [5.74, 6) is 0.876. The molecule has 2 fully saturated rings. The van der Waals surface area contributed by atoms with Crippen LogP contribution in [0.1, 0.15) is 62.9 Å². The lowest BCUT2D eigenvalue weighted by Gasteiger charge is -2.26. The highest BCUT2D eigenvalue weighted by Crippen LogP contribution is 2.37. The Morgan fingerprint density at radius 3 is 2.67 bits per heavy atom. The van der Waals surface area contributed by atoms with Gasteiger partial charge in [0.05, 0.1) is 0 Å². The van der Waals surface area contributed by atoms with Crippen LogP contribution in [0.15, 0.2) is 47.6 Å². The lowest BCUT2D eigenvalue weighted by Crippen LogP contribution is -2.18. The zero-order valence-corrected chi connectivity index (χ0v) is 18.1. The van der Waals surface area contributed by atoms with Gasteiger partial charge in [-0.2, -0.15) is 0 Å². The van der Waals surface area contributed by atoms with Gasteiger partial charge in [0, 0.05) is 18.9 Å². The number of thioether (sulfide) groups is 1. The van der Waals surface area contributed by atoms with Crippen LogP contribution in [0.25, 0.3) is 10.8 Å². The zero-order valence-electron chi connectivity index (χ0n) is 17.3. The molecule has 5 rings (SSSR count). The van der Waals surface area contributed by atoms with Crippen LogP contribution in [-0.2, 0) is 16.0 Å². The monoisotopic (exact) mass is 421 g/mol. The number of hydrogen-bond donors (Lipinski definition) is 0. The van der Waals surface area contributed by atoms with Gasteiger partial charge in [-0.1, -0.05) is 73.5 Å². The van der Waals surface area contributed by atoms with Crippen LogP contribution in [0.5, 0.6) is 0 Å². The smallest absolute Gasteiger partial charge is 0.319 e. The van der Waals surface area contributed by atoms with Crippen molar-refractivity contribution >= 4 is 28.5 Å². The molecule has 2 atom stereocenters. The van der Waals surface area contributed by atoms with Crippen molar-refractivity contribution in [2.45, 2.75) is 74.4 Å². The van der Waals surface area contributed by atoms with Crippen molar-refractivity contribution in [1.82, 2.24) is 14.8 Å². The van der Waals surface area contributed by atoms with Crippen molar-refractivity contribution in [1.29, 1.82) is 0 Å². The average Bonchev–Trinajstić information content (AvgIpc) is 3.31. The standard InChI is InChI=1S/C24H27N3O2S/c1-16-14-21(23(28)29-16)30-24-26-25-22(27(24)19-11-3-2-4-12-19)15-18-10-7-9-17-8-5-6-13-20(17)18/h5-10,13,16,19,21H,2-4,11-12,14-15H2,1H3/t16-,21+/m0/s1. The Labute approximate surface area is 181 Å². The highest BCUT2D eigenvalue weighted by molar-refractivity contribution is 8.00. The van der Waals surface area contributed by atoms with E-state index >= 15 is 0 Å². The molecule has 1 saturated carbocycles. The fourth-order valence-corrected chi connectivity index (χ4v) is 6.00. The van der Waals surface area contributed by atoms with E-state index in [1.54, 1.807) is 0 Å². The Kier molecular flexibility index (Phi) is 5.50. The average molecular weight is 422 g/mol. The molecule has 1 saturated heterocycles. The Morgan fingerprint density at radius 1 is 1.07 bits per heavy atom. The maximum Gasteiger partial charge on any atom is 0.319 e. The predicted molar refractivity (Wildman–Crippen MR) is 119 cm³/mol. The first-order valence-corrected chi connectivity index (χ1v) is 11.8. The summed E-state index contributed by atoms with van der Waals surface area (Å²) in [5, 5.41) is 12.4. The number of esters is 1. The molecule has 2 aliphatic rings. The van der Waals surface area contributed by atoms with E-state index in [9.17, 15) is 4.79 Å². The molecule has 0 N–H and O–H groups in total. The molecule has 0 radical (unpaired) electrons. The number of rotatable bonds is 5. The minimum absolute atomic E-state index is 0.0174. The SMILES string of the molecule is C[C@H]1C[C@@H](Sc2nnc(Cc3cccc4ccccc34)n2C2CCCCC2)C(=O)O1. The molecule has 156 valence electrons. The fraction of sp³-hybridized carbons (Fsp3) is 0.458. The van der Waals surface area contributed by atoms with E-state index in [4.69, 9.17) is 4.74 Å². The summed E-state index contributed by atoms with van der Waals surface area (Å²) in [6.45, 7) is 1.95. The summed E-state index contributed by atoms with van der Waals surface area (Å²) in [6, 6.07) is 15.4. The molecule has 0 bridgehead atoms. The van der Waals surface area contributed by atoms with Crippen LogP contribution in [-0.4, -0.2) is 32.1 Å². The van der Waals surface area contributed by atoms with Crippen molar-refractivity contribution in [3.8, 4) is 0 Å². The first-order valence-electron chi connectivity index (χ1n) is 11.0. The molecule has 0 amide bonds. The van der Waals surface area contributed by atoms with Crippen molar-refractivity contribution in [3.05, 3.63) is 53.9 Å². The lowest BCUT2D eigenvalue weighted by molar-refractivity contribution is -0.140. The first-order chi connectivity index (χ1) is 14.7. The Hall–Kier alpha value is -2.34. The minimum Gasteiger partial charge on any atom is -0.462 e. The summed E-state index contributed by atoms with van der Waals surface area (Å²) >= 11 is 1.53. The van der Waals surface area contributed by atoms with Gasteiger partial charge in [-0.15, -0.1) is 10.2 Å². The number of aromatic nitrogens is 3. The quantitative estimate of drug-likeness (QED) is 0.522. The number of carbonyl (C=O) groups excluding carboxylic acids is 1. The van der Waals surface area contributed by atoms with Gasteiger partial charge in [-0.3, -0.25) is 4.79 Å². The van der Waals surface area contributed by atoms with Crippen molar-refractivity contribution < 1.29 is 9.53 Å².